The first kappa shape index (κ1) is 12.3. The average molecular weight is 172 g/mol. The van der Waals surface area contributed by atoms with E-state index in [-0.39, 0.29) is 12.4 Å². The molecule has 0 rings (SSSR count). The molecule has 0 aromatic carbocycles. The van der Waals surface area contributed by atoms with Crippen LogP contribution in [0.4, 0.5) is 0 Å². The number of likely N-dealkylation sites (N-methyl/N-ethyl adjacent to an activating group) is 1. The van der Waals surface area contributed by atoms with Gasteiger partial charge in [-0.15, -0.1) is 0 Å². The molecule has 0 aliphatic heterocycles. The SMILES string of the molecule is C[N+](C)(C)CCOS.[Cl-]. The van der Waals surface area contributed by atoms with Crippen LogP contribution >= 0.6 is 12.9 Å². The predicted molar refractivity (Wildman–Crippen MR) is 37.8 cm³/mol. The van der Waals surface area contributed by atoms with E-state index in [0.717, 1.165) is 11.0 Å². The monoisotopic (exact) mass is 171 g/mol. The van der Waals surface area contributed by atoms with Crippen LogP contribution in [0.2, 0.25) is 0 Å². The second-order valence-electron chi connectivity index (χ2n) is 2.85. The maximum Gasteiger partial charge on any atom is 0.110 e. The maximum absolute atomic E-state index is 4.60. The van der Waals surface area contributed by atoms with Crippen LogP contribution in [0, 0.1) is 0 Å². The van der Waals surface area contributed by atoms with Crippen molar-refractivity contribution in [2.75, 3.05) is 34.3 Å². The molecule has 0 aromatic heterocycles. The number of thiol groups is 1. The minimum Gasteiger partial charge on any atom is -1.00 e. The van der Waals surface area contributed by atoms with Crippen molar-refractivity contribution in [1.29, 1.82) is 0 Å². The molecule has 0 radical (unpaired) electrons. The Morgan fingerprint density at radius 2 is 1.78 bits per heavy atom. The molecule has 0 heterocycles. The molecule has 0 saturated heterocycles. The van der Waals surface area contributed by atoms with Crippen molar-refractivity contribution in [2.45, 2.75) is 0 Å². The number of hydrogen-bond donors (Lipinski definition) is 1. The van der Waals surface area contributed by atoms with E-state index < -0.39 is 0 Å². The third-order valence-electron chi connectivity index (χ3n) is 0.853. The van der Waals surface area contributed by atoms with Gasteiger partial charge in [-0.05, 0) is 12.9 Å². The summed E-state index contributed by atoms with van der Waals surface area (Å²) in [5, 5.41) is 0. The highest BCUT2D eigenvalue weighted by molar-refractivity contribution is 7.75. The smallest absolute Gasteiger partial charge is 0.110 e. The molecule has 0 unspecified atom stereocenters. The number of rotatable bonds is 3. The quantitative estimate of drug-likeness (QED) is 0.282. The molecule has 0 atom stereocenters. The van der Waals surface area contributed by atoms with Crippen LogP contribution < -0.4 is 12.4 Å². The zero-order valence-corrected chi connectivity index (χ0v) is 7.75. The molecular formula is C5H14ClNOS. The van der Waals surface area contributed by atoms with Crippen molar-refractivity contribution in [3.8, 4) is 0 Å². The Bertz CT molecular complexity index is 64.5. The number of hydrogen-bond acceptors (Lipinski definition) is 2. The summed E-state index contributed by atoms with van der Waals surface area (Å²) in [4.78, 5) is 0. The molecular weight excluding hydrogens is 158 g/mol. The van der Waals surface area contributed by atoms with Gasteiger partial charge in [0, 0.05) is 0 Å². The fourth-order valence-electron chi connectivity index (χ4n) is 0.315. The summed E-state index contributed by atoms with van der Waals surface area (Å²) in [5.41, 5.74) is 0. The van der Waals surface area contributed by atoms with Crippen LogP contribution in [0.5, 0.6) is 0 Å². The highest BCUT2D eigenvalue weighted by atomic mass is 35.5. The fraction of sp³-hybridized carbons (Fsp3) is 1.00. The van der Waals surface area contributed by atoms with E-state index >= 15 is 0 Å². The standard InChI is InChI=1S/C5H13NOS.ClH/c1-6(2,3)4-5-7-8;/h4-5H2,1-3H3;1H. The van der Waals surface area contributed by atoms with Crippen molar-refractivity contribution in [1.82, 2.24) is 0 Å². The Labute approximate surface area is 68.8 Å². The van der Waals surface area contributed by atoms with Gasteiger partial charge in [-0.1, -0.05) is 0 Å². The molecule has 0 aliphatic rings. The van der Waals surface area contributed by atoms with Crippen molar-refractivity contribution >= 4 is 12.9 Å². The van der Waals surface area contributed by atoms with Crippen molar-refractivity contribution in [3.05, 3.63) is 0 Å². The van der Waals surface area contributed by atoms with Crippen LogP contribution in [0.15, 0.2) is 0 Å². The van der Waals surface area contributed by atoms with Crippen LogP contribution in [-0.4, -0.2) is 38.8 Å². The highest BCUT2D eigenvalue weighted by Gasteiger charge is 2.03. The second-order valence-corrected chi connectivity index (χ2v) is 3.11. The summed E-state index contributed by atoms with van der Waals surface area (Å²) in [7, 11) is 6.35. The lowest BCUT2D eigenvalue weighted by Gasteiger charge is -2.22. The van der Waals surface area contributed by atoms with Crippen LogP contribution in [0.25, 0.3) is 0 Å². The summed E-state index contributed by atoms with van der Waals surface area (Å²) >= 11 is 3.62. The maximum atomic E-state index is 4.60. The summed E-state index contributed by atoms with van der Waals surface area (Å²) in [5.74, 6) is 0. The van der Waals surface area contributed by atoms with Crippen LogP contribution in [0.1, 0.15) is 0 Å². The average Bonchev–Trinajstić information content (AvgIpc) is 1.59. The minimum atomic E-state index is 0. The molecule has 9 heavy (non-hydrogen) atoms. The zero-order chi connectivity index (χ0) is 6.62. The fourth-order valence-corrected chi connectivity index (χ4v) is 0.396. The number of quaternary nitrogens is 1. The molecule has 0 fully saturated rings. The molecule has 0 saturated carbocycles. The van der Waals surface area contributed by atoms with Gasteiger partial charge >= 0.3 is 0 Å². The molecule has 0 bridgehead atoms. The number of nitrogens with zero attached hydrogens (tertiary/aromatic N) is 1. The molecule has 4 heteroatoms. The van der Waals surface area contributed by atoms with Gasteiger partial charge in [0.25, 0.3) is 0 Å². The van der Waals surface area contributed by atoms with Gasteiger partial charge < -0.3 is 21.1 Å². The van der Waals surface area contributed by atoms with Gasteiger partial charge in [0.1, 0.15) is 13.2 Å². The predicted octanol–water partition coefficient (Wildman–Crippen LogP) is -2.44. The Balaban J connectivity index is 0. The van der Waals surface area contributed by atoms with Gasteiger partial charge in [-0.2, -0.15) is 0 Å². The summed E-state index contributed by atoms with van der Waals surface area (Å²) in [6.07, 6.45) is 0. The largest absolute Gasteiger partial charge is 1.00 e. The van der Waals surface area contributed by atoms with Gasteiger partial charge in [-0.3, -0.25) is 0 Å². The first-order valence-corrected chi connectivity index (χ1v) is 2.99. The Morgan fingerprint density at radius 1 is 1.33 bits per heavy atom. The van der Waals surface area contributed by atoms with Crippen LogP contribution in [0.3, 0.4) is 0 Å². The van der Waals surface area contributed by atoms with E-state index in [0.29, 0.717) is 6.61 Å². The zero-order valence-electron chi connectivity index (χ0n) is 6.09. The topological polar surface area (TPSA) is 9.23 Å². The summed E-state index contributed by atoms with van der Waals surface area (Å²) in [6, 6.07) is 0. The van der Waals surface area contributed by atoms with Crippen molar-refractivity contribution in [2.24, 2.45) is 0 Å². The lowest BCUT2D eigenvalue weighted by atomic mass is 10.5. The second kappa shape index (κ2) is 5.35. The minimum absolute atomic E-state index is 0. The number of halogens is 1. The Hall–Kier alpha value is 0.560. The third-order valence-corrected chi connectivity index (χ3v) is 1.04. The summed E-state index contributed by atoms with van der Waals surface area (Å²) < 4.78 is 5.53. The molecule has 0 N–H and O–H groups in total. The first-order chi connectivity index (χ1) is 3.56. The lowest BCUT2D eigenvalue weighted by Crippen LogP contribution is -3.00. The van der Waals surface area contributed by atoms with Crippen LogP contribution in [-0.2, 0) is 4.18 Å². The van der Waals surface area contributed by atoms with E-state index in [9.17, 15) is 0 Å². The van der Waals surface area contributed by atoms with E-state index in [1.54, 1.807) is 0 Å². The van der Waals surface area contributed by atoms with Gasteiger partial charge in [-0.25, -0.2) is 0 Å². The first-order valence-electron chi connectivity index (χ1n) is 2.63. The summed E-state index contributed by atoms with van der Waals surface area (Å²) in [6.45, 7) is 1.72. The molecule has 0 aliphatic carbocycles. The molecule has 58 valence electrons. The van der Waals surface area contributed by atoms with E-state index in [2.05, 4.69) is 38.2 Å². The molecule has 2 nitrogen and oxygen atoms in total. The van der Waals surface area contributed by atoms with Gasteiger partial charge in [0.15, 0.2) is 0 Å². The van der Waals surface area contributed by atoms with Crippen molar-refractivity contribution < 1.29 is 21.1 Å². The third kappa shape index (κ3) is 11.9. The highest BCUT2D eigenvalue weighted by Crippen LogP contribution is 1.89. The van der Waals surface area contributed by atoms with Gasteiger partial charge in [0.05, 0.1) is 21.1 Å². The van der Waals surface area contributed by atoms with E-state index in [1.807, 2.05) is 0 Å². The van der Waals surface area contributed by atoms with Crippen molar-refractivity contribution in [3.63, 3.8) is 0 Å². The molecule has 0 amide bonds. The molecule has 0 spiro atoms. The van der Waals surface area contributed by atoms with Gasteiger partial charge in [0.2, 0.25) is 0 Å². The van der Waals surface area contributed by atoms with E-state index in [1.165, 1.54) is 0 Å². The van der Waals surface area contributed by atoms with E-state index in [4.69, 9.17) is 0 Å². The lowest BCUT2D eigenvalue weighted by molar-refractivity contribution is -0.870. The normalized spacial score (nSPS) is 10.7. The molecule has 0 aromatic rings. The Morgan fingerprint density at radius 3 is 1.89 bits per heavy atom. The Kier molecular flexibility index (Phi) is 7.29.